The maximum Gasteiger partial charge on any atom is 0.113 e. The third-order valence-electron chi connectivity index (χ3n) is 8.16. The molecule has 0 saturated carbocycles. The van der Waals surface area contributed by atoms with Gasteiger partial charge >= 0.3 is 0 Å². The van der Waals surface area contributed by atoms with Gasteiger partial charge in [0.15, 0.2) is 0 Å². The van der Waals surface area contributed by atoms with Crippen LogP contribution in [-0.4, -0.2) is 39.2 Å². The lowest BCUT2D eigenvalue weighted by Crippen LogP contribution is -2.55. The van der Waals surface area contributed by atoms with Gasteiger partial charge in [-0.05, 0) is 65.7 Å². The van der Waals surface area contributed by atoms with Crippen LogP contribution in [-0.2, 0) is 0 Å². The summed E-state index contributed by atoms with van der Waals surface area (Å²) >= 11 is 0. The molecule has 0 N–H and O–H groups in total. The Hall–Kier alpha value is -4.36. The van der Waals surface area contributed by atoms with E-state index in [-0.39, 0.29) is 16.4 Å². The standard InChI is InChI=1S/C36H19B5/c37-32-31(33(38)35(40)36(41)34(32)39)30-27-13-5-3-11-25(27)29(26-12-4-6-14-28(26)30)22-18-16-21(17-19-22)24-15-7-9-20-8-1-2-10-23(20)24/h1-19H. The van der Waals surface area contributed by atoms with E-state index in [1.807, 2.05) is 24.3 Å². The van der Waals surface area contributed by atoms with E-state index < -0.39 is 0 Å². The second kappa shape index (κ2) is 9.93. The number of rotatable bonds is 3. The molecule has 0 nitrogen and oxygen atoms in total. The van der Waals surface area contributed by atoms with Gasteiger partial charge in [-0.2, -0.15) is 0 Å². The lowest BCUT2D eigenvalue weighted by Gasteiger charge is -2.25. The second-order valence-electron chi connectivity index (χ2n) is 10.4. The molecule has 0 aliphatic carbocycles. The minimum Gasteiger partial charge on any atom is -0.112 e. The average Bonchev–Trinajstić information content (AvgIpc) is 3.02. The SMILES string of the molecule is [B]c1c([B])c([B])c(-c2c3ccccc3c(-c3ccc(-c4cccc5ccccc45)cc3)c3ccccc23)c([B])c1[B]. The lowest BCUT2D eigenvalue weighted by molar-refractivity contribution is 1.63. The molecule has 0 atom stereocenters. The Labute approximate surface area is 246 Å². The van der Waals surface area contributed by atoms with Gasteiger partial charge in [0.2, 0.25) is 0 Å². The molecular formula is C36H19B5. The third-order valence-corrected chi connectivity index (χ3v) is 8.16. The van der Waals surface area contributed by atoms with Crippen LogP contribution in [0, 0.1) is 0 Å². The fourth-order valence-corrected chi connectivity index (χ4v) is 6.12. The fraction of sp³-hybridized carbons (Fsp3) is 0. The molecule has 0 unspecified atom stereocenters. The minimum atomic E-state index is 0.209. The van der Waals surface area contributed by atoms with Crippen molar-refractivity contribution in [2.24, 2.45) is 0 Å². The molecule has 0 bridgehead atoms. The quantitative estimate of drug-likeness (QED) is 0.251. The first-order valence-electron chi connectivity index (χ1n) is 13.5. The van der Waals surface area contributed by atoms with E-state index in [4.69, 9.17) is 39.2 Å². The molecule has 0 aliphatic rings. The van der Waals surface area contributed by atoms with Gasteiger partial charge in [0.05, 0.1) is 0 Å². The van der Waals surface area contributed by atoms with Gasteiger partial charge in [-0.15, -0.1) is 16.4 Å². The van der Waals surface area contributed by atoms with Gasteiger partial charge < -0.3 is 0 Å². The molecule has 0 fully saturated rings. The predicted octanol–water partition coefficient (Wildman–Crippen LogP) is 4.12. The summed E-state index contributed by atoms with van der Waals surface area (Å²) in [4.78, 5) is 0. The monoisotopic (exact) mass is 506 g/mol. The highest BCUT2D eigenvalue weighted by atomic mass is 14.2. The Kier molecular flexibility index (Phi) is 6.20. The van der Waals surface area contributed by atoms with Crippen molar-refractivity contribution in [2.45, 2.75) is 0 Å². The van der Waals surface area contributed by atoms with E-state index in [2.05, 4.69) is 91.0 Å². The highest BCUT2D eigenvalue weighted by Gasteiger charge is 2.20. The number of hydrogen-bond acceptors (Lipinski definition) is 0. The van der Waals surface area contributed by atoms with Crippen molar-refractivity contribution >= 4 is 98.9 Å². The summed E-state index contributed by atoms with van der Waals surface area (Å²) in [5, 5.41) is 6.62. The van der Waals surface area contributed by atoms with Gasteiger partial charge in [0.1, 0.15) is 39.2 Å². The number of hydrogen-bond donors (Lipinski definition) is 0. The Morgan fingerprint density at radius 2 is 0.707 bits per heavy atom. The molecule has 7 aromatic rings. The van der Waals surface area contributed by atoms with Crippen molar-refractivity contribution in [3.63, 3.8) is 0 Å². The van der Waals surface area contributed by atoms with Crippen LogP contribution in [0.2, 0.25) is 0 Å². The Balaban J connectivity index is 1.51. The normalized spacial score (nSPS) is 11.4. The van der Waals surface area contributed by atoms with Crippen molar-refractivity contribution in [1.82, 2.24) is 0 Å². The minimum absolute atomic E-state index is 0.209. The predicted molar refractivity (Wildman–Crippen MR) is 182 cm³/mol. The summed E-state index contributed by atoms with van der Waals surface area (Å²) in [7, 11) is 31.9. The van der Waals surface area contributed by atoms with E-state index in [0.717, 1.165) is 38.2 Å². The van der Waals surface area contributed by atoms with Gasteiger partial charge in [-0.3, -0.25) is 0 Å². The van der Waals surface area contributed by atoms with Crippen LogP contribution in [0.3, 0.4) is 0 Å². The molecule has 7 aromatic carbocycles. The number of benzene rings is 7. The van der Waals surface area contributed by atoms with Crippen LogP contribution in [0.25, 0.3) is 65.7 Å². The van der Waals surface area contributed by atoms with Crippen LogP contribution >= 0.6 is 0 Å². The Bertz CT molecular complexity index is 2050. The van der Waals surface area contributed by atoms with Crippen molar-refractivity contribution in [1.29, 1.82) is 0 Å². The highest BCUT2D eigenvalue weighted by molar-refractivity contribution is 6.69. The van der Waals surface area contributed by atoms with Gasteiger partial charge in [0, 0.05) is 0 Å². The van der Waals surface area contributed by atoms with Crippen LogP contribution < -0.4 is 27.3 Å². The molecule has 10 radical (unpaired) electrons. The highest BCUT2D eigenvalue weighted by Crippen LogP contribution is 2.43. The number of fused-ring (bicyclic) bond motifs is 3. The van der Waals surface area contributed by atoms with Gasteiger partial charge in [-0.25, -0.2) is 0 Å². The molecule has 0 aromatic heterocycles. The largest absolute Gasteiger partial charge is 0.113 e. The maximum absolute atomic E-state index is 6.59. The molecule has 7 rings (SSSR count). The van der Waals surface area contributed by atoms with Gasteiger partial charge in [0.25, 0.3) is 0 Å². The average molecular weight is 506 g/mol. The van der Waals surface area contributed by atoms with Crippen LogP contribution in [0.4, 0.5) is 0 Å². The summed E-state index contributed by atoms with van der Waals surface area (Å²) in [5.74, 6) is 0. The van der Waals surface area contributed by atoms with Gasteiger partial charge in [-0.1, -0.05) is 126 Å². The molecule has 0 saturated heterocycles. The summed E-state index contributed by atoms with van der Waals surface area (Å²) in [6.45, 7) is 0. The zero-order chi connectivity index (χ0) is 28.2. The summed E-state index contributed by atoms with van der Waals surface area (Å²) < 4.78 is 0. The Morgan fingerprint density at radius 1 is 0.293 bits per heavy atom. The molecule has 0 amide bonds. The zero-order valence-corrected chi connectivity index (χ0v) is 22.4. The van der Waals surface area contributed by atoms with E-state index in [9.17, 15) is 0 Å². The molecule has 0 heterocycles. The van der Waals surface area contributed by atoms with Crippen molar-refractivity contribution in [3.8, 4) is 33.4 Å². The molecule has 178 valence electrons. The van der Waals surface area contributed by atoms with E-state index in [1.54, 1.807) is 0 Å². The van der Waals surface area contributed by atoms with Crippen molar-refractivity contribution < 1.29 is 0 Å². The smallest absolute Gasteiger partial charge is 0.112 e. The summed E-state index contributed by atoms with van der Waals surface area (Å²) in [5.41, 5.74) is 7.49. The van der Waals surface area contributed by atoms with Crippen LogP contribution in [0.15, 0.2) is 115 Å². The second-order valence-corrected chi connectivity index (χ2v) is 10.4. The summed E-state index contributed by atoms with van der Waals surface area (Å²) in [6.07, 6.45) is 0. The zero-order valence-electron chi connectivity index (χ0n) is 22.4. The first-order chi connectivity index (χ1) is 20.0. The van der Waals surface area contributed by atoms with E-state index >= 15 is 0 Å². The first kappa shape index (κ1) is 25.6. The topological polar surface area (TPSA) is 0 Å². The van der Waals surface area contributed by atoms with E-state index in [1.165, 1.54) is 21.9 Å². The van der Waals surface area contributed by atoms with Crippen LogP contribution in [0.5, 0.6) is 0 Å². The Morgan fingerprint density at radius 3 is 1.27 bits per heavy atom. The van der Waals surface area contributed by atoms with Crippen LogP contribution in [0.1, 0.15) is 0 Å². The fourth-order valence-electron chi connectivity index (χ4n) is 6.12. The van der Waals surface area contributed by atoms with E-state index in [0.29, 0.717) is 16.5 Å². The third kappa shape index (κ3) is 3.98. The molecular weight excluding hydrogens is 486 g/mol. The lowest BCUT2D eigenvalue weighted by atomic mass is 9.59. The maximum atomic E-state index is 6.59. The first-order valence-corrected chi connectivity index (χ1v) is 13.5. The molecule has 5 heteroatoms. The molecule has 0 aliphatic heterocycles. The summed E-state index contributed by atoms with van der Waals surface area (Å²) in [6, 6.07) is 40.3. The molecule has 41 heavy (non-hydrogen) atoms. The van der Waals surface area contributed by atoms with Crippen molar-refractivity contribution in [2.75, 3.05) is 0 Å². The van der Waals surface area contributed by atoms with Crippen molar-refractivity contribution in [3.05, 3.63) is 115 Å². The molecule has 0 spiro atoms.